The molecule has 2 aromatic rings. The number of rotatable bonds is 6. The third-order valence-electron chi connectivity index (χ3n) is 3.46. The molecule has 0 heterocycles. The number of alkyl halides is 1. The Hall–Kier alpha value is -1.28. The zero-order valence-electron chi connectivity index (χ0n) is 12.1. The van der Waals surface area contributed by atoms with E-state index in [0.29, 0.717) is 4.83 Å². The molecule has 0 aromatic heterocycles. The van der Waals surface area contributed by atoms with E-state index in [-0.39, 0.29) is 0 Å². The summed E-state index contributed by atoms with van der Waals surface area (Å²) in [6.45, 7) is 2.12. The van der Waals surface area contributed by atoms with Gasteiger partial charge in [0.1, 0.15) is 5.75 Å². The molecular weight excluding hydrogens is 312 g/mol. The largest absolute Gasteiger partial charge is 0.497 e. The van der Waals surface area contributed by atoms with Gasteiger partial charge in [-0.15, -0.1) is 0 Å². The van der Waals surface area contributed by atoms with Crippen molar-refractivity contribution in [3.8, 4) is 5.75 Å². The fourth-order valence-electron chi connectivity index (χ4n) is 2.24. The van der Waals surface area contributed by atoms with E-state index in [1.165, 1.54) is 16.7 Å². The van der Waals surface area contributed by atoms with Gasteiger partial charge in [-0.1, -0.05) is 57.9 Å². The molecule has 1 nitrogen and oxygen atoms in total. The molecule has 1 unspecified atom stereocenters. The SMILES string of the molecule is COc1cccc(CC(Br)CCc2ccc(C)cc2)c1. The minimum Gasteiger partial charge on any atom is -0.497 e. The number of methoxy groups -OCH3 is 1. The van der Waals surface area contributed by atoms with Crippen molar-refractivity contribution in [2.75, 3.05) is 7.11 Å². The van der Waals surface area contributed by atoms with Gasteiger partial charge in [0.05, 0.1) is 7.11 Å². The molecule has 0 amide bonds. The number of ether oxygens (including phenoxy) is 1. The normalized spacial score (nSPS) is 12.2. The van der Waals surface area contributed by atoms with Gasteiger partial charge in [-0.2, -0.15) is 0 Å². The second kappa shape index (κ2) is 7.49. The van der Waals surface area contributed by atoms with Crippen LogP contribution in [-0.4, -0.2) is 11.9 Å². The van der Waals surface area contributed by atoms with E-state index in [1.54, 1.807) is 7.11 Å². The lowest BCUT2D eigenvalue weighted by Gasteiger charge is -2.11. The molecule has 0 aliphatic carbocycles. The molecule has 0 saturated heterocycles. The highest BCUT2D eigenvalue weighted by atomic mass is 79.9. The molecule has 106 valence electrons. The van der Waals surface area contributed by atoms with Crippen molar-refractivity contribution in [3.63, 3.8) is 0 Å². The maximum absolute atomic E-state index is 5.26. The molecule has 2 heteroatoms. The molecule has 0 bridgehead atoms. The van der Waals surface area contributed by atoms with Crippen LogP contribution in [0, 0.1) is 6.92 Å². The molecule has 0 saturated carbocycles. The van der Waals surface area contributed by atoms with Crippen molar-refractivity contribution in [1.82, 2.24) is 0 Å². The van der Waals surface area contributed by atoms with Crippen LogP contribution in [0.15, 0.2) is 48.5 Å². The first-order chi connectivity index (χ1) is 9.67. The van der Waals surface area contributed by atoms with E-state index in [1.807, 2.05) is 12.1 Å². The Morgan fingerprint density at radius 2 is 1.80 bits per heavy atom. The molecule has 2 rings (SSSR count). The van der Waals surface area contributed by atoms with Crippen molar-refractivity contribution in [3.05, 3.63) is 65.2 Å². The monoisotopic (exact) mass is 332 g/mol. The maximum Gasteiger partial charge on any atom is 0.119 e. The number of benzene rings is 2. The molecule has 0 aliphatic rings. The fraction of sp³-hybridized carbons (Fsp3) is 0.333. The molecule has 2 aromatic carbocycles. The standard InChI is InChI=1S/C18H21BrO/c1-14-6-8-15(9-7-14)10-11-17(19)12-16-4-3-5-18(13-16)20-2/h3-9,13,17H,10-12H2,1-2H3. The van der Waals surface area contributed by atoms with Crippen LogP contribution in [0.4, 0.5) is 0 Å². The Morgan fingerprint density at radius 1 is 1.05 bits per heavy atom. The highest BCUT2D eigenvalue weighted by Gasteiger charge is 2.07. The lowest BCUT2D eigenvalue weighted by atomic mass is 10.0. The van der Waals surface area contributed by atoms with Gasteiger partial charge in [0.15, 0.2) is 0 Å². The van der Waals surface area contributed by atoms with Crippen LogP contribution in [0.3, 0.4) is 0 Å². The molecular formula is C18H21BrO. The molecule has 0 aliphatic heterocycles. The van der Waals surface area contributed by atoms with Crippen molar-refractivity contribution in [2.24, 2.45) is 0 Å². The topological polar surface area (TPSA) is 9.23 Å². The van der Waals surface area contributed by atoms with Crippen molar-refractivity contribution >= 4 is 15.9 Å². The molecule has 0 radical (unpaired) electrons. The van der Waals surface area contributed by atoms with Gasteiger partial charge in [0.25, 0.3) is 0 Å². The Kier molecular flexibility index (Phi) is 5.66. The third-order valence-corrected chi connectivity index (χ3v) is 4.24. The van der Waals surface area contributed by atoms with E-state index >= 15 is 0 Å². The summed E-state index contributed by atoms with van der Waals surface area (Å²) in [6, 6.07) is 17.1. The highest BCUT2D eigenvalue weighted by Crippen LogP contribution is 2.19. The van der Waals surface area contributed by atoms with Gasteiger partial charge < -0.3 is 4.74 Å². The molecule has 0 fully saturated rings. The van der Waals surface area contributed by atoms with Crippen molar-refractivity contribution in [2.45, 2.75) is 31.0 Å². The zero-order chi connectivity index (χ0) is 14.4. The summed E-state index contributed by atoms with van der Waals surface area (Å²) in [5.41, 5.74) is 4.04. The summed E-state index contributed by atoms with van der Waals surface area (Å²) >= 11 is 3.79. The van der Waals surface area contributed by atoms with Crippen LogP contribution in [-0.2, 0) is 12.8 Å². The first kappa shape index (κ1) is 15.1. The average molecular weight is 333 g/mol. The van der Waals surface area contributed by atoms with Gasteiger partial charge in [-0.25, -0.2) is 0 Å². The van der Waals surface area contributed by atoms with Crippen molar-refractivity contribution < 1.29 is 4.74 Å². The minimum absolute atomic E-state index is 0.496. The van der Waals surface area contributed by atoms with Crippen LogP contribution >= 0.6 is 15.9 Å². The van der Waals surface area contributed by atoms with Gasteiger partial charge in [0.2, 0.25) is 0 Å². The lowest BCUT2D eigenvalue weighted by Crippen LogP contribution is -2.04. The van der Waals surface area contributed by atoms with Crippen LogP contribution in [0.2, 0.25) is 0 Å². The first-order valence-corrected chi connectivity index (χ1v) is 7.91. The van der Waals surface area contributed by atoms with E-state index in [9.17, 15) is 0 Å². The van der Waals surface area contributed by atoms with Gasteiger partial charge in [-0.3, -0.25) is 0 Å². The third kappa shape index (κ3) is 4.68. The summed E-state index contributed by atoms with van der Waals surface area (Å²) < 4.78 is 5.26. The maximum atomic E-state index is 5.26. The average Bonchev–Trinajstić information content (AvgIpc) is 2.47. The van der Waals surface area contributed by atoms with Crippen LogP contribution in [0.5, 0.6) is 5.75 Å². The van der Waals surface area contributed by atoms with Gasteiger partial charge in [-0.05, 0) is 49.4 Å². The quantitative estimate of drug-likeness (QED) is 0.680. The molecule has 0 spiro atoms. The number of hydrogen-bond donors (Lipinski definition) is 0. The second-order valence-electron chi connectivity index (χ2n) is 5.18. The zero-order valence-corrected chi connectivity index (χ0v) is 13.7. The summed E-state index contributed by atoms with van der Waals surface area (Å²) in [7, 11) is 1.71. The Balaban J connectivity index is 1.85. The fourth-order valence-corrected chi connectivity index (χ4v) is 2.84. The Morgan fingerprint density at radius 3 is 2.50 bits per heavy atom. The smallest absolute Gasteiger partial charge is 0.119 e. The predicted octanol–water partition coefficient (Wildman–Crippen LogP) is 4.94. The Bertz CT molecular complexity index is 533. The van der Waals surface area contributed by atoms with E-state index in [0.717, 1.165) is 25.0 Å². The number of hydrogen-bond acceptors (Lipinski definition) is 1. The lowest BCUT2D eigenvalue weighted by molar-refractivity contribution is 0.414. The Labute approximate surface area is 130 Å². The van der Waals surface area contributed by atoms with Crippen LogP contribution in [0.1, 0.15) is 23.1 Å². The predicted molar refractivity (Wildman–Crippen MR) is 88.9 cm³/mol. The minimum atomic E-state index is 0.496. The summed E-state index contributed by atoms with van der Waals surface area (Å²) in [4.78, 5) is 0.496. The first-order valence-electron chi connectivity index (χ1n) is 7.00. The summed E-state index contributed by atoms with van der Waals surface area (Å²) in [6.07, 6.45) is 3.28. The molecule has 0 N–H and O–H groups in total. The van der Waals surface area contributed by atoms with Crippen molar-refractivity contribution in [1.29, 1.82) is 0 Å². The van der Waals surface area contributed by atoms with Gasteiger partial charge >= 0.3 is 0 Å². The van der Waals surface area contributed by atoms with Crippen LogP contribution < -0.4 is 4.74 Å². The molecule has 20 heavy (non-hydrogen) atoms. The van der Waals surface area contributed by atoms with Crippen LogP contribution in [0.25, 0.3) is 0 Å². The number of aryl methyl sites for hydroxylation is 2. The van der Waals surface area contributed by atoms with Gasteiger partial charge in [0, 0.05) is 4.83 Å². The highest BCUT2D eigenvalue weighted by molar-refractivity contribution is 9.09. The number of halogens is 1. The van der Waals surface area contributed by atoms with E-state index < -0.39 is 0 Å². The second-order valence-corrected chi connectivity index (χ2v) is 6.47. The summed E-state index contributed by atoms with van der Waals surface area (Å²) in [5.74, 6) is 0.931. The molecule has 1 atom stereocenters. The van der Waals surface area contributed by atoms with E-state index in [2.05, 4.69) is 59.3 Å². The summed E-state index contributed by atoms with van der Waals surface area (Å²) in [5, 5.41) is 0. The van der Waals surface area contributed by atoms with E-state index in [4.69, 9.17) is 4.74 Å².